The molecule has 0 spiro atoms. The Labute approximate surface area is 151 Å². The molecule has 0 aliphatic heterocycles. The molecular formula is C21H32O4. The van der Waals surface area contributed by atoms with Gasteiger partial charge in [0.25, 0.3) is 0 Å². The maximum Gasteiger partial charge on any atom is 0.306 e. The van der Waals surface area contributed by atoms with Crippen molar-refractivity contribution in [1.29, 1.82) is 0 Å². The van der Waals surface area contributed by atoms with Crippen LogP contribution in [0.1, 0.15) is 70.8 Å². The first kappa shape index (κ1) is 21.2. The molecule has 0 aliphatic rings. The summed E-state index contributed by atoms with van der Waals surface area (Å²) in [7, 11) is 0. The average molecular weight is 348 g/mol. The molecule has 0 N–H and O–H groups in total. The monoisotopic (exact) mass is 348 g/mol. The highest BCUT2D eigenvalue weighted by Crippen LogP contribution is 2.09. The number of unbranched alkanes of at least 4 members (excludes halogenated alkanes) is 3. The fourth-order valence-electron chi connectivity index (χ4n) is 2.44. The lowest BCUT2D eigenvalue weighted by atomic mass is 10.1. The zero-order chi connectivity index (χ0) is 18.3. The van der Waals surface area contributed by atoms with Crippen molar-refractivity contribution in [2.75, 3.05) is 6.61 Å². The fourth-order valence-corrected chi connectivity index (χ4v) is 2.44. The fraction of sp³-hybridized carbons (Fsp3) is 0.619. The minimum Gasteiger partial charge on any atom is -0.466 e. The summed E-state index contributed by atoms with van der Waals surface area (Å²) in [5, 5.41) is 0. The van der Waals surface area contributed by atoms with Crippen LogP contribution in [-0.2, 0) is 25.7 Å². The Hall–Kier alpha value is -1.84. The van der Waals surface area contributed by atoms with Gasteiger partial charge in [-0.1, -0.05) is 63.4 Å². The Morgan fingerprint density at radius 3 is 2.12 bits per heavy atom. The van der Waals surface area contributed by atoms with Crippen molar-refractivity contribution in [3.63, 3.8) is 0 Å². The third-order valence-corrected chi connectivity index (χ3v) is 3.94. The molecule has 0 fully saturated rings. The predicted molar refractivity (Wildman–Crippen MR) is 99.0 cm³/mol. The first-order valence-electron chi connectivity index (χ1n) is 9.43. The molecule has 1 aromatic rings. The third kappa shape index (κ3) is 12.2. The van der Waals surface area contributed by atoms with Crippen LogP contribution in [0.2, 0.25) is 0 Å². The highest BCUT2D eigenvalue weighted by atomic mass is 16.5. The Bertz CT molecular complexity index is 482. The second-order valence-electron chi connectivity index (χ2n) is 6.82. The van der Waals surface area contributed by atoms with E-state index in [0.29, 0.717) is 38.9 Å². The molecule has 0 amide bonds. The van der Waals surface area contributed by atoms with Crippen LogP contribution in [0.5, 0.6) is 0 Å². The van der Waals surface area contributed by atoms with Crippen molar-refractivity contribution in [2.24, 2.45) is 5.92 Å². The van der Waals surface area contributed by atoms with E-state index in [9.17, 15) is 9.59 Å². The van der Waals surface area contributed by atoms with Crippen molar-refractivity contribution in [3.8, 4) is 0 Å². The van der Waals surface area contributed by atoms with E-state index in [1.807, 2.05) is 30.3 Å². The van der Waals surface area contributed by atoms with Crippen LogP contribution in [0.15, 0.2) is 30.3 Å². The van der Waals surface area contributed by atoms with Gasteiger partial charge in [0.05, 0.1) is 6.61 Å². The zero-order valence-electron chi connectivity index (χ0n) is 15.7. The average Bonchev–Trinajstić information content (AvgIpc) is 2.60. The molecule has 0 atom stereocenters. The van der Waals surface area contributed by atoms with Gasteiger partial charge in [0, 0.05) is 12.8 Å². The summed E-state index contributed by atoms with van der Waals surface area (Å²) in [4.78, 5) is 23.2. The molecule has 0 bridgehead atoms. The SMILES string of the molecule is CC(C)CCCCCOC(=O)CCCCC(=O)OCc1ccccc1. The minimum absolute atomic E-state index is 0.165. The topological polar surface area (TPSA) is 52.6 Å². The van der Waals surface area contributed by atoms with Crippen LogP contribution in [0.25, 0.3) is 0 Å². The van der Waals surface area contributed by atoms with E-state index in [4.69, 9.17) is 9.47 Å². The molecule has 1 rings (SSSR count). The maximum absolute atomic E-state index is 11.6. The first-order valence-corrected chi connectivity index (χ1v) is 9.43. The van der Waals surface area contributed by atoms with E-state index in [-0.39, 0.29) is 11.9 Å². The lowest BCUT2D eigenvalue weighted by molar-refractivity contribution is -0.146. The van der Waals surface area contributed by atoms with Crippen molar-refractivity contribution >= 4 is 11.9 Å². The summed E-state index contributed by atoms with van der Waals surface area (Å²) in [6, 6.07) is 9.60. The maximum atomic E-state index is 11.6. The number of esters is 2. The van der Waals surface area contributed by atoms with Crippen molar-refractivity contribution in [2.45, 2.75) is 71.8 Å². The van der Waals surface area contributed by atoms with Crippen LogP contribution in [0.4, 0.5) is 0 Å². The summed E-state index contributed by atoms with van der Waals surface area (Å²) in [5.74, 6) is 0.353. The second kappa shape index (κ2) is 13.5. The Morgan fingerprint density at radius 2 is 1.48 bits per heavy atom. The first-order chi connectivity index (χ1) is 12.1. The van der Waals surface area contributed by atoms with Crippen LogP contribution >= 0.6 is 0 Å². The molecule has 0 saturated carbocycles. The molecule has 25 heavy (non-hydrogen) atoms. The molecule has 4 heteroatoms. The molecule has 140 valence electrons. The molecule has 0 saturated heterocycles. The van der Waals surface area contributed by atoms with Crippen LogP contribution in [0, 0.1) is 5.92 Å². The number of hydrogen-bond donors (Lipinski definition) is 0. The summed E-state index contributed by atoms with van der Waals surface area (Å²) < 4.78 is 10.4. The van der Waals surface area contributed by atoms with Gasteiger partial charge in [0.2, 0.25) is 0 Å². The summed E-state index contributed by atoms with van der Waals surface area (Å²) in [6.07, 6.45) is 6.49. The van der Waals surface area contributed by atoms with Gasteiger partial charge >= 0.3 is 11.9 Å². The Morgan fingerprint density at radius 1 is 0.840 bits per heavy atom. The molecule has 4 nitrogen and oxygen atoms in total. The smallest absolute Gasteiger partial charge is 0.306 e. The van der Waals surface area contributed by atoms with Gasteiger partial charge < -0.3 is 9.47 Å². The third-order valence-electron chi connectivity index (χ3n) is 3.94. The second-order valence-corrected chi connectivity index (χ2v) is 6.82. The zero-order valence-corrected chi connectivity index (χ0v) is 15.7. The van der Waals surface area contributed by atoms with E-state index < -0.39 is 0 Å². The lowest BCUT2D eigenvalue weighted by Crippen LogP contribution is -2.07. The van der Waals surface area contributed by atoms with Gasteiger partial charge in [-0.3, -0.25) is 9.59 Å². The summed E-state index contributed by atoms with van der Waals surface area (Å²) in [6.45, 7) is 5.25. The number of carbonyl (C=O) groups excluding carboxylic acids is 2. The summed E-state index contributed by atoms with van der Waals surface area (Å²) in [5.41, 5.74) is 0.979. The standard InChI is InChI=1S/C21H32O4/c1-18(2)11-5-4-10-16-24-20(22)14-8-9-15-21(23)25-17-19-12-6-3-7-13-19/h3,6-7,12-13,18H,4-5,8-11,14-17H2,1-2H3. The molecule has 0 unspecified atom stereocenters. The van der Waals surface area contributed by atoms with E-state index in [1.165, 1.54) is 12.8 Å². The van der Waals surface area contributed by atoms with Crippen molar-refractivity contribution < 1.29 is 19.1 Å². The largest absolute Gasteiger partial charge is 0.466 e. The highest BCUT2D eigenvalue weighted by molar-refractivity contribution is 5.70. The highest BCUT2D eigenvalue weighted by Gasteiger charge is 2.06. The number of carbonyl (C=O) groups is 2. The number of hydrogen-bond acceptors (Lipinski definition) is 4. The van der Waals surface area contributed by atoms with Crippen LogP contribution in [0.3, 0.4) is 0 Å². The lowest BCUT2D eigenvalue weighted by Gasteiger charge is -2.06. The Balaban J connectivity index is 1.94. The molecule has 1 aromatic carbocycles. The van der Waals surface area contributed by atoms with Gasteiger partial charge in [-0.25, -0.2) is 0 Å². The molecule has 0 heterocycles. The van der Waals surface area contributed by atoms with Gasteiger partial charge in [-0.05, 0) is 30.7 Å². The van der Waals surface area contributed by atoms with E-state index in [1.54, 1.807) is 0 Å². The summed E-state index contributed by atoms with van der Waals surface area (Å²) >= 11 is 0. The van der Waals surface area contributed by atoms with Gasteiger partial charge in [0.1, 0.15) is 6.61 Å². The normalized spacial score (nSPS) is 10.7. The van der Waals surface area contributed by atoms with Crippen LogP contribution in [-0.4, -0.2) is 18.5 Å². The predicted octanol–water partition coefficient (Wildman–Crippen LogP) is 5.05. The van der Waals surface area contributed by atoms with Gasteiger partial charge in [0.15, 0.2) is 0 Å². The van der Waals surface area contributed by atoms with Crippen molar-refractivity contribution in [1.82, 2.24) is 0 Å². The minimum atomic E-state index is -0.220. The number of ether oxygens (including phenoxy) is 2. The van der Waals surface area contributed by atoms with Crippen molar-refractivity contribution in [3.05, 3.63) is 35.9 Å². The van der Waals surface area contributed by atoms with Gasteiger partial charge in [-0.2, -0.15) is 0 Å². The quantitative estimate of drug-likeness (QED) is 0.370. The number of benzene rings is 1. The molecular weight excluding hydrogens is 316 g/mol. The Kier molecular flexibility index (Phi) is 11.4. The van der Waals surface area contributed by atoms with Crippen LogP contribution < -0.4 is 0 Å². The van der Waals surface area contributed by atoms with E-state index in [2.05, 4.69) is 13.8 Å². The van der Waals surface area contributed by atoms with Gasteiger partial charge in [-0.15, -0.1) is 0 Å². The molecule has 0 aliphatic carbocycles. The number of rotatable bonds is 13. The van der Waals surface area contributed by atoms with E-state index >= 15 is 0 Å². The molecule has 0 aromatic heterocycles. The van der Waals surface area contributed by atoms with E-state index in [0.717, 1.165) is 24.3 Å². The molecule has 0 radical (unpaired) electrons.